The molecule has 1 aromatic heterocycles. The van der Waals surface area contributed by atoms with Crippen LogP contribution >= 0.6 is 22.9 Å². The van der Waals surface area contributed by atoms with Gasteiger partial charge < -0.3 is 10.1 Å². The van der Waals surface area contributed by atoms with E-state index in [0.717, 1.165) is 41.8 Å². The van der Waals surface area contributed by atoms with Crippen molar-refractivity contribution in [3.05, 3.63) is 50.2 Å². The van der Waals surface area contributed by atoms with Crippen molar-refractivity contribution in [1.82, 2.24) is 0 Å². The summed E-state index contributed by atoms with van der Waals surface area (Å²) in [7, 11) is 0. The van der Waals surface area contributed by atoms with Gasteiger partial charge in [-0.2, -0.15) is 13.2 Å². The number of thiophene rings is 1. The molecule has 0 saturated heterocycles. The van der Waals surface area contributed by atoms with Crippen molar-refractivity contribution in [2.75, 3.05) is 11.9 Å². The number of fused-ring (bicyclic) bond motifs is 1. The zero-order valence-corrected chi connectivity index (χ0v) is 14.9. The van der Waals surface area contributed by atoms with Crippen LogP contribution in [0.2, 0.25) is 5.02 Å². The maximum Gasteiger partial charge on any atom is 0.418 e. The second-order valence-corrected chi connectivity index (χ2v) is 7.24. The standard InChI is InChI=1S/C17H13ClF3NO3S/c18-11-5-2-4-10(17(19,20)21)15(11)22-14(23)8-25-16(24)13-7-9-3-1-6-12(9)26-13/h2,4-5,7H,1,3,6,8H2,(H,22,23). The van der Waals surface area contributed by atoms with E-state index in [1.807, 2.05) is 0 Å². The maximum absolute atomic E-state index is 13.0. The van der Waals surface area contributed by atoms with Crippen LogP contribution in [0, 0.1) is 0 Å². The summed E-state index contributed by atoms with van der Waals surface area (Å²) in [6.45, 7) is -0.704. The van der Waals surface area contributed by atoms with Crippen LogP contribution < -0.4 is 5.32 Å². The van der Waals surface area contributed by atoms with E-state index >= 15 is 0 Å². The molecule has 9 heteroatoms. The first kappa shape index (κ1) is 18.7. The van der Waals surface area contributed by atoms with Gasteiger partial charge in [0.2, 0.25) is 0 Å². The number of carbonyl (C=O) groups is 2. The molecule has 0 bridgehead atoms. The number of anilines is 1. The highest BCUT2D eigenvalue weighted by molar-refractivity contribution is 7.14. The highest BCUT2D eigenvalue weighted by Gasteiger charge is 2.34. The Morgan fingerprint density at radius 1 is 1.27 bits per heavy atom. The van der Waals surface area contributed by atoms with E-state index < -0.39 is 35.9 Å². The van der Waals surface area contributed by atoms with Crippen LogP contribution in [-0.2, 0) is 28.5 Å². The van der Waals surface area contributed by atoms with E-state index in [0.29, 0.717) is 4.88 Å². The number of halogens is 4. The van der Waals surface area contributed by atoms with Crippen molar-refractivity contribution in [3.8, 4) is 0 Å². The fourth-order valence-corrected chi connectivity index (χ4v) is 4.06. The van der Waals surface area contributed by atoms with Gasteiger partial charge in [-0.05, 0) is 43.0 Å². The van der Waals surface area contributed by atoms with Crippen LogP contribution in [0.4, 0.5) is 18.9 Å². The summed E-state index contributed by atoms with van der Waals surface area (Å²) in [5.41, 5.74) is -0.519. The molecule has 138 valence electrons. The molecule has 26 heavy (non-hydrogen) atoms. The van der Waals surface area contributed by atoms with E-state index in [1.165, 1.54) is 17.4 Å². The number of amides is 1. The summed E-state index contributed by atoms with van der Waals surface area (Å²) in [4.78, 5) is 25.4. The first-order chi connectivity index (χ1) is 12.3. The van der Waals surface area contributed by atoms with Crippen molar-refractivity contribution in [2.24, 2.45) is 0 Å². The Hall–Kier alpha value is -2.06. The molecule has 1 aliphatic carbocycles. The van der Waals surface area contributed by atoms with Crippen LogP contribution in [0.15, 0.2) is 24.3 Å². The number of ether oxygens (including phenoxy) is 1. The summed E-state index contributed by atoms with van der Waals surface area (Å²) < 4.78 is 43.9. The third-order valence-corrected chi connectivity index (χ3v) is 5.40. The lowest BCUT2D eigenvalue weighted by molar-refractivity contribution is -0.137. The minimum Gasteiger partial charge on any atom is -0.451 e. The van der Waals surface area contributed by atoms with Crippen LogP contribution in [0.1, 0.15) is 32.1 Å². The number of aryl methyl sites for hydroxylation is 2. The Labute approximate surface area is 155 Å². The average molecular weight is 404 g/mol. The summed E-state index contributed by atoms with van der Waals surface area (Å²) in [5.74, 6) is -1.57. The lowest BCUT2D eigenvalue weighted by atomic mass is 10.1. The van der Waals surface area contributed by atoms with Gasteiger partial charge in [-0.3, -0.25) is 4.79 Å². The number of nitrogens with one attached hydrogen (secondary N) is 1. The van der Waals surface area contributed by atoms with E-state index in [1.54, 1.807) is 6.07 Å². The molecule has 0 spiro atoms. The van der Waals surface area contributed by atoms with Gasteiger partial charge in [-0.1, -0.05) is 17.7 Å². The molecule has 2 aromatic rings. The van der Waals surface area contributed by atoms with Gasteiger partial charge in [-0.15, -0.1) is 11.3 Å². The molecule has 0 saturated carbocycles. The predicted molar refractivity (Wildman–Crippen MR) is 91.7 cm³/mol. The lowest BCUT2D eigenvalue weighted by Gasteiger charge is -2.15. The number of esters is 1. The average Bonchev–Trinajstić information content (AvgIpc) is 3.15. The van der Waals surface area contributed by atoms with Gasteiger partial charge in [0.1, 0.15) is 4.88 Å². The second kappa shape index (κ2) is 7.28. The molecule has 1 aliphatic rings. The number of hydrogen-bond acceptors (Lipinski definition) is 4. The molecule has 0 aliphatic heterocycles. The van der Waals surface area contributed by atoms with Crippen LogP contribution in [-0.4, -0.2) is 18.5 Å². The van der Waals surface area contributed by atoms with E-state index in [4.69, 9.17) is 16.3 Å². The Balaban J connectivity index is 1.63. The molecule has 1 aromatic carbocycles. The molecule has 1 heterocycles. The van der Waals surface area contributed by atoms with E-state index in [9.17, 15) is 22.8 Å². The Morgan fingerprint density at radius 3 is 2.73 bits per heavy atom. The molecule has 0 atom stereocenters. The topological polar surface area (TPSA) is 55.4 Å². The van der Waals surface area contributed by atoms with Crippen molar-refractivity contribution >= 4 is 40.5 Å². The van der Waals surface area contributed by atoms with Crippen molar-refractivity contribution in [2.45, 2.75) is 25.4 Å². The minimum atomic E-state index is -4.68. The Bertz CT molecular complexity index is 842. The van der Waals surface area contributed by atoms with Crippen molar-refractivity contribution in [3.63, 3.8) is 0 Å². The first-order valence-corrected chi connectivity index (χ1v) is 8.89. The molecule has 1 N–H and O–H groups in total. The van der Waals surface area contributed by atoms with Gasteiger partial charge >= 0.3 is 12.1 Å². The third kappa shape index (κ3) is 4.02. The van der Waals surface area contributed by atoms with Gasteiger partial charge in [0, 0.05) is 4.88 Å². The Morgan fingerprint density at radius 2 is 2.04 bits per heavy atom. The summed E-state index contributed by atoms with van der Waals surface area (Å²) in [5, 5.41) is 1.81. The van der Waals surface area contributed by atoms with Gasteiger partial charge in [0.25, 0.3) is 5.91 Å². The van der Waals surface area contributed by atoms with Crippen LogP contribution in [0.3, 0.4) is 0 Å². The highest BCUT2D eigenvalue weighted by Crippen LogP contribution is 2.38. The number of benzene rings is 1. The lowest BCUT2D eigenvalue weighted by Crippen LogP contribution is -2.22. The van der Waals surface area contributed by atoms with E-state index in [-0.39, 0.29) is 5.02 Å². The fraction of sp³-hybridized carbons (Fsp3) is 0.294. The summed E-state index contributed by atoms with van der Waals surface area (Å²) in [6.07, 6.45) is -1.80. The smallest absolute Gasteiger partial charge is 0.418 e. The zero-order chi connectivity index (χ0) is 18.9. The molecular weight excluding hydrogens is 391 g/mol. The Kier molecular flexibility index (Phi) is 5.24. The summed E-state index contributed by atoms with van der Waals surface area (Å²) >= 11 is 7.08. The van der Waals surface area contributed by atoms with Crippen molar-refractivity contribution < 1.29 is 27.5 Å². The maximum atomic E-state index is 13.0. The number of hydrogen-bond donors (Lipinski definition) is 1. The summed E-state index contributed by atoms with van der Waals surface area (Å²) in [6, 6.07) is 4.91. The molecular formula is C17H13ClF3NO3S. The monoisotopic (exact) mass is 403 g/mol. The number of carbonyl (C=O) groups excluding carboxylic acids is 2. The zero-order valence-electron chi connectivity index (χ0n) is 13.3. The molecule has 1 amide bonds. The predicted octanol–water partition coefficient (Wildman–Crippen LogP) is 4.70. The van der Waals surface area contributed by atoms with Crippen LogP contribution in [0.5, 0.6) is 0 Å². The minimum absolute atomic E-state index is 0.255. The van der Waals surface area contributed by atoms with Gasteiger partial charge in [-0.25, -0.2) is 4.79 Å². The number of rotatable bonds is 4. The molecule has 0 radical (unpaired) electrons. The quantitative estimate of drug-likeness (QED) is 0.752. The number of para-hydroxylation sites is 1. The van der Waals surface area contributed by atoms with Crippen molar-refractivity contribution in [1.29, 1.82) is 0 Å². The first-order valence-electron chi connectivity index (χ1n) is 7.70. The third-order valence-electron chi connectivity index (χ3n) is 3.87. The second-order valence-electron chi connectivity index (χ2n) is 5.70. The van der Waals surface area contributed by atoms with Gasteiger partial charge in [0.05, 0.1) is 16.3 Å². The fourth-order valence-electron chi connectivity index (χ4n) is 2.69. The van der Waals surface area contributed by atoms with Crippen LogP contribution in [0.25, 0.3) is 0 Å². The van der Waals surface area contributed by atoms with E-state index in [2.05, 4.69) is 5.32 Å². The SMILES string of the molecule is O=C(COC(=O)c1cc2c(s1)CCC2)Nc1c(Cl)cccc1C(F)(F)F. The largest absolute Gasteiger partial charge is 0.451 e. The number of alkyl halides is 3. The molecule has 4 nitrogen and oxygen atoms in total. The highest BCUT2D eigenvalue weighted by atomic mass is 35.5. The molecule has 0 fully saturated rings. The molecule has 3 rings (SSSR count). The normalized spacial score (nSPS) is 13.4. The van der Waals surface area contributed by atoms with Gasteiger partial charge in [0.15, 0.2) is 6.61 Å². The molecule has 0 unspecified atom stereocenters.